The molecule has 0 aliphatic carbocycles. The summed E-state index contributed by atoms with van der Waals surface area (Å²) in [6, 6.07) is 6.70. The number of rotatable bonds is 0. The molecule has 0 saturated carbocycles. The first-order valence-electron chi connectivity index (χ1n) is 3.47. The van der Waals surface area contributed by atoms with Gasteiger partial charge in [0.2, 0.25) is 5.95 Å². The molecule has 0 unspecified atom stereocenters. The largest absolute Gasteiger partial charge is 0.228 e. The van der Waals surface area contributed by atoms with Gasteiger partial charge < -0.3 is 0 Å². The van der Waals surface area contributed by atoms with Crippen molar-refractivity contribution in [2.24, 2.45) is 0 Å². The monoisotopic (exact) mass is 181 g/mol. The second kappa shape index (κ2) is 2.72. The molecule has 0 bridgehead atoms. The molecule has 2 rings (SSSR count). The summed E-state index contributed by atoms with van der Waals surface area (Å²) in [5.74, 6) is -0.482. The molecule has 3 heteroatoms. The van der Waals surface area contributed by atoms with Crippen molar-refractivity contribution in [2.45, 2.75) is 0 Å². The van der Waals surface area contributed by atoms with Crippen LogP contribution in [-0.2, 0) is 0 Å². The molecule has 12 heavy (non-hydrogen) atoms. The molecule has 1 aromatic heterocycles. The van der Waals surface area contributed by atoms with Gasteiger partial charge >= 0.3 is 0 Å². The van der Waals surface area contributed by atoms with E-state index < -0.39 is 5.95 Å². The van der Waals surface area contributed by atoms with Crippen LogP contribution in [0.15, 0.2) is 30.5 Å². The second-order valence-corrected chi connectivity index (χ2v) is 2.88. The van der Waals surface area contributed by atoms with Gasteiger partial charge in [-0.05, 0) is 11.5 Å². The molecule has 1 aromatic carbocycles. The highest BCUT2D eigenvalue weighted by molar-refractivity contribution is 6.35. The molecular weight excluding hydrogens is 177 g/mol. The SMILES string of the molecule is Fc1cc2cccc(Cl)c2cn1. The van der Waals surface area contributed by atoms with Crippen molar-refractivity contribution in [2.75, 3.05) is 0 Å². The number of aromatic nitrogens is 1. The number of hydrogen-bond donors (Lipinski definition) is 0. The van der Waals surface area contributed by atoms with E-state index in [4.69, 9.17) is 11.6 Å². The fraction of sp³-hybridized carbons (Fsp3) is 0. The van der Waals surface area contributed by atoms with Crippen molar-refractivity contribution in [1.82, 2.24) is 4.98 Å². The number of halogens is 2. The molecule has 1 heterocycles. The van der Waals surface area contributed by atoms with Gasteiger partial charge in [0.25, 0.3) is 0 Å². The third kappa shape index (κ3) is 1.14. The number of benzene rings is 1. The van der Waals surface area contributed by atoms with Crippen LogP contribution in [0.25, 0.3) is 10.8 Å². The summed E-state index contributed by atoms with van der Waals surface area (Å²) in [4.78, 5) is 3.52. The molecule has 0 amide bonds. The lowest BCUT2D eigenvalue weighted by Gasteiger charge is -1.97. The molecule has 60 valence electrons. The van der Waals surface area contributed by atoms with Crippen LogP contribution < -0.4 is 0 Å². The van der Waals surface area contributed by atoms with E-state index in [2.05, 4.69) is 4.98 Å². The van der Waals surface area contributed by atoms with E-state index in [0.29, 0.717) is 5.02 Å². The van der Waals surface area contributed by atoms with Gasteiger partial charge in [0.15, 0.2) is 0 Å². The maximum absolute atomic E-state index is 12.6. The quantitative estimate of drug-likeness (QED) is 0.570. The Balaban J connectivity index is 2.86. The Hall–Kier alpha value is -1.15. The zero-order valence-electron chi connectivity index (χ0n) is 6.09. The van der Waals surface area contributed by atoms with Gasteiger partial charge in [0, 0.05) is 22.7 Å². The van der Waals surface area contributed by atoms with Crippen LogP contribution in [0.2, 0.25) is 5.02 Å². The maximum Gasteiger partial charge on any atom is 0.213 e. The Morgan fingerprint density at radius 3 is 3.00 bits per heavy atom. The van der Waals surface area contributed by atoms with Gasteiger partial charge in [-0.3, -0.25) is 0 Å². The van der Waals surface area contributed by atoms with Crippen molar-refractivity contribution in [3.63, 3.8) is 0 Å². The van der Waals surface area contributed by atoms with E-state index in [1.165, 1.54) is 12.3 Å². The predicted molar refractivity (Wildman–Crippen MR) is 46.7 cm³/mol. The van der Waals surface area contributed by atoms with Crippen molar-refractivity contribution in [3.05, 3.63) is 41.4 Å². The molecule has 0 spiro atoms. The molecule has 0 aliphatic heterocycles. The molecule has 0 fully saturated rings. The first kappa shape index (κ1) is 7.50. The molecule has 0 N–H and O–H groups in total. The summed E-state index contributed by atoms with van der Waals surface area (Å²) in [5, 5.41) is 2.15. The Labute approximate surface area is 73.8 Å². The summed E-state index contributed by atoms with van der Waals surface area (Å²) in [6.07, 6.45) is 1.44. The first-order chi connectivity index (χ1) is 5.77. The third-order valence-corrected chi connectivity index (χ3v) is 2.01. The zero-order valence-corrected chi connectivity index (χ0v) is 6.85. The van der Waals surface area contributed by atoms with E-state index >= 15 is 0 Å². The van der Waals surface area contributed by atoms with Crippen molar-refractivity contribution in [3.8, 4) is 0 Å². The standard InChI is InChI=1S/C9H5ClFN/c10-8-3-1-2-6-4-9(11)12-5-7(6)8/h1-5H. The van der Waals surface area contributed by atoms with E-state index in [1.807, 2.05) is 0 Å². The van der Waals surface area contributed by atoms with E-state index in [0.717, 1.165) is 10.8 Å². The van der Waals surface area contributed by atoms with Crippen LogP contribution in [0.1, 0.15) is 0 Å². The maximum atomic E-state index is 12.6. The highest BCUT2D eigenvalue weighted by Crippen LogP contribution is 2.22. The molecule has 0 aliphatic rings. The zero-order chi connectivity index (χ0) is 8.55. The molecule has 1 nitrogen and oxygen atoms in total. The second-order valence-electron chi connectivity index (χ2n) is 2.47. The van der Waals surface area contributed by atoms with Crippen LogP contribution in [0.3, 0.4) is 0 Å². The van der Waals surface area contributed by atoms with E-state index in [9.17, 15) is 4.39 Å². The lowest BCUT2D eigenvalue weighted by atomic mass is 10.2. The summed E-state index contributed by atoms with van der Waals surface area (Å²) in [7, 11) is 0. The topological polar surface area (TPSA) is 12.9 Å². The van der Waals surface area contributed by atoms with Gasteiger partial charge in [-0.15, -0.1) is 0 Å². The fourth-order valence-corrected chi connectivity index (χ4v) is 1.34. The molecule has 2 aromatic rings. The number of fused-ring (bicyclic) bond motifs is 1. The Morgan fingerprint density at radius 2 is 2.17 bits per heavy atom. The summed E-state index contributed by atoms with van der Waals surface area (Å²) in [6.45, 7) is 0. The van der Waals surface area contributed by atoms with Crippen LogP contribution in [0.4, 0.5) is 4.39 Å². The van der Waals surface area contributed by atoms with Gasteiger partial charge in [0.1, 0.15) is 0 Å². The predicted octanol–water partition coefficient (Wildman–Crippen LogP) is 3.03. The fourth-order valence-electron chi connectivity index (χ4n) is 1.11. The average Bonchev–Trinajstić information content (AvgIpc) is 2.04. The van der Waals surface area contributed by atoms with Crippen molar-refractivity contribution >= 4 is 22.4 Å². The van der Waals surface area contributed by atoms with Crippen molar-refractivity contribution in [1.29, 1.82) is 0 Å². The smallest absolute Gasteiger partial charge is 0.213 e. The minimum absolute atomic E-state index is 0.482. The summed E-state index contributed by atoms with van der Waals surface area (Å²) in [5.41, 5.74) is 0. The van der Waals surface area contributed by atoms with E-state index in [-0.39, 0.29) is 0 Å². The lowest BCUT2D eigenvalue weighted by Crippen LogP contribution is -1.82. The lowest BCUT2D eigenvalue weighted by molar-refractivity contribution is 0.586. The Kier molecular flexibility index (Phi) is 1.70. The minimum Gasteiger partial charge on any atom is -0.228 e. The summed E-state index contributed by atoms with van der Waals surface area (Å²) < 4.78 is 12.6. The summed E-state index contributed by atoms with van der Waals surface area (Å²) >= 11 is 5.85. The molecular formula is C9H5ClFN. The van der Waals surface area contributed by atoms with Gasteiger partial charge in [0.05, 0.1) is 0 Å². The molecule has 0 radical (unpaired) electrons. The highest BCUT2D eigenvalue weighted by Gasteiger charge is 1.99. The van der Waals surface area contributed by atoms with Crippen LogP contribution >= 0.6 is 11.6 Å². The number of nitrogens with zero attached hydrogens (tertiary/aromatic N) is 1. The van der Waals surface area contributed by atoms with Gasteiger partial charge in [-0.1, -0.05) is 23.7 Å². The minimum atomic E-state index is -0.482. The van der Waals surface area contributed by atoms with Crippen LogP contribution in [-0.4, -0.2) is 4.98 Å². The van der Waals surface area contributed by atoms with Crippen molar-refractivity contribution < 1.29 is 4.39 Å². The Bertz CT molecular complexity index is 428. The first-order valence-corrected chi connectivity index (χ1v) is 3.85. The van der Waals surface area contributed by atoms with E-state index in [1.54, 1.807) is 18.2 Å². The third-order valence-electron chi connectivity index (χ3n) is 1.68. The number of hydrogen-bond acceptors (Lipinski definition) is 1. The molecule has 0 saturated heterocycles. The highest BCUT2D eigenvalue weighted by atomic mass is 35.5. The normalized spacial score (nSPS) is 10.5. The Morgan fingerprint density at radius 1 is 1.33 bits per heavy atom. The van der Waals surface area contributed by atoms with Crippen LogP contribution in [0, 0.1) is 5.95 Å². The molecule has 0 atom stereocenters. The van der Waals surface area contributed by atoms with Gasteiger partial charge in [-0.2, -0.15) is 4.39 Å². The van der Waals surface area contributed by atoms with Crippen LogP contribution in [0.5, 0.6) is 0 Å². The van der Waals surface area contributed by atoms with Gasteiger partial charge in [-0.25, -0.2) is 4.98 Å². The average molecular weight is 182 g/mol. The number of pyridine rings is 1.